The molecule has 1 nitrogen and oxygen atoms in total. The molecule has 0 saturated carbocycles. The van der Waals surface area contributed by atoms with Gasteiger partial charge in [-0.15, -0.1) is 11.3 Å². The summed E-state index contributed by atoms with van der Waals surface area (Å²) in [6.07, 6.45) is 4.86. The molecule has 1 N–H and O–H groups in total. The van der Waals surface area contributed by atoms with E-state index in [-0.39, 0.29) is 5.54 Å². The maximum Gasteiger partial charge on any atom is 0.0127 e. The largest absolute Gasteiger partial charge is 0.309 e. The van der Waals surface area contributed by atoms with E-state index in [4.69, 9.17) is 0 Å². The van der Waals surface area contributed by atoms with Crippen molar-refractivity contribution < 1.29 is 0 Å². The van der Waals surface area contributed by atoms with Gasteiger partial charge in [-0.2, -0.15) is 0 Å². The molecule has 2 heteroatoms. The van der Waals surface area contributed by atoms with E-state index in [1.165, 1.54) is 30.6 Å². The zero-order chi connectivity index (χ0) is 12.0. The maximum atomic E-state index is 3.79. The third kappa shape index (κ3) is 4.67. The Labute approximate surface area is 104 Å². The second kappa shape index (κ2) is 6.41. The molecule has 1 aromatic rings. The van der Waals surface area contributed by atoms with E-state index in [2.05, 4.69) is 50.5 Å². The van der Waals surface area contributed by atoms with Crippen molar-refractivity contribution in [2.75, 3.05) is 0 Å². The molecule has 1 atom stereocenters. The van der Waals surface area contributed by atoms with Crippen LogP contribution in [0, 0.1) is 0 Å². The maximum absolute atomic E-state index is 3.79. The lowest BCUT2D eigenvalue weighted by Gasteiger charge is -2.31. The zero-order valence-electron chi connectivity index (χ0n) is 11.0. The smallest absolute Gasteiger partial charge is 0.0127 e. The van der Waals surface area contributed by atoms with Crippen molar-refractivity contribution in [3.8, 4) is 0 Å². The van der Waals surface area contributed by atoms with Crippen LogP contribution in [-0.2, 0) is 6.42 Å². The van der Waals surface area contributed by atoms with E-state index in [0.29, 0.717) is 6.04 Å². The quantitative estimate of drug-likeness (QED) is 0.750. The predicted molar refractivity (Wildman–Crippen MR) is 74.2 cm³/mol. The summed E-state index contributed by atoms with van der Waals surface area (Å²) in [4.78, 5) is 1.49. The van der Waals surface area contributed by atoms with Crippen LogP contribution in [-0.4, -0.2) is 11.6 Å². The molecule has 0 amide bonds. The van der Waals surface area contributed by atoms with Gasteiger partial charge in [0.1, 0.15) is 0 Å². The first-order chi connectivity index (χ1) is 7.57. The number of rotatable bonds is 7. The van der Waals surface area contributed by atoms with Crippen molar-refractivity contribution in [3.63, 3.8) is 0 Å². The average Bonchev–Trinajstić information content (AvgIpc) is 2.69. The normalized spacial score (nSPS) is 14.0. The molecular weight excluding hydrogens is 214 g/mol. The fourth-order valence-corrected chi connectivity index (χ4v) is 3.01. The monoisotopic (exact) mass is 239 g/mol. The van der Waals surface area contributed by atoms with Crippen LogP contribution < -0.4 is 5.32 Å². The average molecular weight is 239 g/mol. The Hall–Kier alpha value is -0.340. The summed E-state index contributed by atoms with van der Waals surface area (Å²) >= 11 is 1.87. The van der Waals surface area contributed by atoms with Gasteiger partial charge in [-0.25, -0.2) is 0 Å². The third-order valence-electron chi connectivity index (χ3n) is 2.99. The van der Waals surface area contributed by atoms with Gasteiger partial charge >= 0.3 is 0 Å². The first-order valence-corrected chi connectivity index (χ1v) is 7.25. The minimum Gasteiger partial charge on any atom is -0.309 e. The van der Waals surface area contributed by atoms with Gasteiger partial charge in [-0.3, -0.25) is 0 Å². The molecule has 0 aliphatic rings. The summed E-state index contributed by atoms with van der Waals surface area (Å²) < 4.78 is 0. The molecule has 1 unspecified atom stereocenters. The van der Waals surface area contributed by atoms with Gasteiger partial charge in [0.25, 0.3) is 0 Å². The lowest BCUT2D eigenvalue weighted by atomic mass is 9.96. The van der Waals surface area contributed by atoms with E-state index in [1.54, 1.807) is 0 Å². The van der Waals surface area contributed by atoms with Crippen LogP contribution in [0.15, 0.2) is 17.5 Å². The van der Waals surface area contributed by atoms with Gasteiger partial charge in [-0.05, 0) is 44.6 Å². The van der Waals surface area contributed by atoms with E-state index in [0.717, 1.165) is 0 Å². The van der Waals surface area contributed by atoms with Crippen LogP contribution >= 0.6 is 11.3 Å². The number of thiophene rings is 1. The Morgan fingerprint density at radius 3 is 2.62 bits per heavy atom. The van der Waals surface area contributed by atoms with Gasteiger partial charge in [0.05, 0.1) is 0 Å². The lowest BCUT2D eigenvalue weighted by Crippen LogP contribution is -2.46. The molecular formula is C14H25NS. The highest BCUT2D eigenvalue weighted by molar-refractivity contribution is 7.09. The lowest BCUT2D eigenvalue weighted by molar-refractivity contribution is 0.305. The number of nitrogens with one attached hydrogen (secondary N) is 1. The molecule has 1 aromatic heterocycles. The minimum absolute atomic E-state index is 0.271. The van der Waals surface area contributed by atoms with Gasteiger partial charge in [0.2, 0.25) is 0 Å². The summed E-state index contributed by atoms with van der Waals surface area (Å²) in [5.41, 5.74) is 0.271. The molecule has 0 aliphatic heterocycles. The molecule has 16 heavy (non-hydrogen) atoms. The van der Waals surface area contributed by atoms with Crippen LogP contribution in [0.2, 0.25) is 0 Å². The number of hydrogen-bond acceptors (Lipinski definition) is 2. The topological polar surface area (TPSA) is 12.0 Å². The van der Waals surface area contributed by atoms with Gasteiger partial charge in [-0.1, -0.05) is 26.3 Å². The van der Waals surface area contributed by atoms with E-state index < -0.39 is 0 Å². The fraction of sp³-hybridized carbons (Fsp3) is 0.714. The predicted octanol–water partition coefficient (Wildman–Crippen LogP) is 4.24. The first kappa shape index (κ1) is 13.7. The summed E-state index contributed by atoms with van der Waals surface area (Å²) in [5, 5.41) is 5.95. The second-order valence-electron chi connectivity index (χ2n) is 5.17. The summed E-state index contributed by atoms with van der Waals surface area (Å²) in [6, 6.07) is 4.99. The van der Waals surface area contributed by atoms with Crippen molar-refractivity contribution in [1.29, 1.82) is 0 Å². The Kier molecular flexibility index (Phi) is 5.50. The molecule has 0 aromatic carbocycles. The van der Waals surface area contributed by atoms with Crippen molar-refractivity contribution in [3.05, 3.63) is 22.4 Å². The fourth-order valence-electron chi connectivity index (χ4n) is 2.22. The van der Waals surface area contributed by atoms with Crippen molar-refractivity contribution in [2.45, 2.75) is 65.0 Å². The Morgan fingerprint density at radius 2 is 2.12 bits per heavy atom. The molecule has 0 fully saturated rings. The molecule has 92 valence electrons. The third-order valence-corrected chi connectivity index (χ3v) is 3.89. The van der Waals surface area contributed by atoms with Crippen LogP contribution in [0.5, 0.6) is 0 Å². The van der Waals surface area contributed by atoms with Crippen molar-refractivity contribution in [2.24, 2.45) is 0 Å². The van der Waals surface area contributed by atoms with Crippen LogP contribution in [0.1, 0.15) is 51.8 Å². The van der Waals surface area contributed by atoms with Crippen molar-refractivity contribution >= 4 is 11.3 Å². The van der Waals surface area contributed by atoms with Gasteiger partial charge in [0.15, 0.2) is 0 Å². The van der Waals surface area contributed by atoms with Crippen LogP contribution in [0.25, 0.3) is 0 Å². The molecule has 0 aliphatic carbocycles. The van der Waals surface area contributed by atoms with E-state index in [9.17, 15) is 0 Å². The summed E-state index contributed by atoms with van der Waals surface area (Å²) in [5.74, 6) is 0. The highest BCUT2D eigenvalue weighted by atomic mass is 32.1. The molecule has 1 heterocycles. The standard InChI is InChI=1S/C14H25NS/c1-5-9-14(3,4)15-12(6-2)11-13-8-7-10-16-13/h7-8,10,12,15H,5-6,9,11H2,1-4H3. The Bertz CT molecular complexity index is 277. The molecule has 0 radical (unpaired) electrons. The molecule has 1 rings (SSSR count). The summed E-state index contributed by atoms with van der Waals surface area (Å²) in [6.45, 7) is 9.15. The minimum atomic E-state index is 0.271. The molecule has 0 spiro atoms. The second-order valence-corrected chi connectivity index (χ2v) is 6.20. The highest BCUT2D eigenvalue weighted by Gasteiger charge is 2.20. The van der Waals surface area contributed by atoms with Crippen LogP contribution in [0.4, 0.5) is 0 Å². The van der Waals surface area contributed by atoms with Gasteiger partial charge in [0, 0.05) is 16.5 Å². The highest BCUT2D eigenvalue weighted by Crippen LogP contribution is 2.17. The van der Waals surface area contributed by atoms with E-state index >= 15 is 0 Å². The zero-order valence-corrected chi connectivity index (χ0v) is 11.9. The Morgan fingerprint density at radius 1 is 1.38 bits per heavy atom. The SMILES string of the molecule is CCCC(C)(C)NC(CC)Cc1cccs1. The van der Waals surface area contributed by atoms with Gasteiger partial charge < -0.3 is 5.32 Å². The van der Waals surface area contributed by atoms with Crippen LogP contribution in [0.3, 0.4) is 0 Å². The summed E-state index contributed by atoms with van der Waals surface area (Å²) in [7, 11) is 0. The van der Waals surface area contributed by atoms with Crippen molar-refractivity contribution in [1.82, 2.24) is 5.32 Å². The first-order valence-electron chi connectivity index (χ1n) is 6.37. The number of hydrogen-bond donors (Lipinski definition) is 1. The molecule has 0 bridgehead atoms. The Balaban J connectivity index is 2.48. The van der Waals surface area contributed by atoms with E-state index in [1.807, 2.05) is 11.3 Å². The molecule has 0 saturated heterocycles.